The van der Waals surface area contributed by atoms with Gasteiger partial charge in [-0.1, -0.05) is 23.5 Å². The molecule has 110 valence electrons. The predicted molar refractivity (Wildman–Crippen MR) is 86.3 cm³/mol. The highest BCUT2D eigenvalue weighted by Crippen LogP contribution is 2.28. The molecule has 1 rings (SSSR count). The molecule has 0 bridgehead atoms. The van der Waals surface area contributed by atoms with E-state index in [0.29, 0.717) is 12.3 Å². The molecule has 0 amide bonds. The lowest BCUT2D eigenvalue weighted by molar-refractivity contribution is -0.115. The van der Waals surface area contributed by atoms with Gasteiger partial charge in [-0.3, -0.25) is 4.79 Å². The van der Waals surface area contributed by atoms with Crippen LogP contribution in [0.3, 0.4) is 0 Å². The Bertz CT molecular complexity index is 456. The van der Waals surface area contributed by atoms with Crippen LogP contribution in [0, 0.1) is 23.2 Å². The Balaban J connectivity index is 2.68. The molecule has 1 unspecified atom stereocenters. The Kier molecular flexibility index (Phi) is 6.27. The Morgan fingerprint density at radius 3 is 2.70 bits per heavy atom. The number of carbonyl (C=O) groups excluding carboxylic acids is 1. The number of allylic oxidation sites excluding steroid dienone is 4. The summed E-state index contributed by atoms with van der Waals surface area (Å²) in [5.74, 6) is 7.25. The second-order valence-corrected chi connectivity index (χ2v) is 7.01. The molecule has 0 aliphatic heterocycles. The quantitative estimate of drug-likeness (QED) is 0.396. The van der Waals surface area contributed by atoms with E-state index in [-0.39, 0.29) is 11.2 Å². The molecule has 1 aliphatic carbocycles. The lowest BCUT2D eigenvalue weighted by Crippen LogP contribution is -2.14. The van der Waals surface area contributed by atoms with E-state index in [0.717, 1.165) is 24.8 Å². The van der Waals surface area contributed by atoms with Crippen LogP contribution in [0.5, 0.6) is 0 Å². The molecule has 20 heavy (non-hydrogen) atoms. The normalized spacial score (nSPS) is 18.9. The highest BCUT2D eigenvalue weighted by atomic mass is 16.1. The van der Waals surface area contributed by atoms with E-state index >= 15 is 0 Å². The van der Waals surface area contributed by atoms with E-state index in [2.05, 4.69) is 52.5 Å². The maximum absolute atomic E-state index is 11.6. The van der Waals surface area contributed by atoms with Crippen molar-refractivity contribution in [3.8, 4) is 11.8 Å². The van der Waals surface area contributed by atoms with Crippen molar-refractivity contribution >= 4 is 5.78 Å². The van der Waals surface area contributed by atoms with Crippen LogP contribution in [0.2, 0.25) is 0 Å². The van der Waals surface area contributed by atoms with Gasteiger partial charge in [0.15, 0.2) is 5.78 Å². The second-order valence-electron chi connectivity index (χ2n) is 7.01. The van der Waals surface area contributed by atoms with Gasteiger partial charge in [0, 0.05) is 17.4 Å². The third-order valence-corrected chi connectivity index (χ3v) is 3.39. The maximum atomic E-state index is 11.6. The molecule has 0 fully saturated rings. The lowest BCUT2D eigenvalue weighted by atomic mass is 9.83. The van der Waals surface area contributed by atoms with Gasteiger partial charge >= 0.3 is 0 Å². The van der Waals surface area contributed by atoms with Crippen LogP contribution in [-0.2, 0) is 4.79 Å². The second kappa shape index (κ2) is 7.48. The van der Waals surface area contributed by atoms with Crippen LogP contribution in [-0.4, -0.2) is 5.78 Å². The molecule has 1 aliphatic rings. The van der Waals surface area contributed by atoms with Gasteiger partial charge in [0.1, 0.15) is 0 Å². The molecule has 0 saturated carbocycles. The van der Waals surface area contributed by atoms with Crippen LogP contribution < -0.4 is 0 Å². The number of hydrogen-bond acceptors (Lipinski definition) is 1. The first-order valence-electron chi connectivity index (χ1n) is 7.69. The Morgan fingerprint density at radius 2 is 2.10 bits per heavy atom. The van der Waals surface area contributed by atoms with Crippen LogP contribution >= 0.6 is 0 Å². The van der Waals surface area contributed by atoms with Crippen molar-refractivity contribution in [1.82, 2.24) is 0 Å². The molecule has 0 aromatic rings. The SMILES string of the molecule is CC(C)=CCCCC1CCC(=O)C=C1C#CC(C)(C)C. The Labute approximate surface area is 124 Å². The summed E-state index contributed by atoms with van der Waals surface area (Å²) in [5.41, 5.74) is 2.44. The molecular formula is C19H28O. The summed E-state index contributed by atoms with van der Waals surface area (Å²) in [6, 6.07) is 0. The monoisotopic (exact) mass is 272 g/mol. The topological polar surface area (TPSA) is 17.1 Å². The minimum absolute atomic E-state index is 0.00601. The average Bonchev–Trinajstić information content (AvgIpc) is 2.32. The fraction of sp³-hybridized carbons (Fsp3) is 0.632. The van der Waals surface area contributed by atoms with Crippen LogP contribution in [0.4, 0.5) is 0 Å². The molecule has 0 aromatic heterocycles. The minimum Gasteiger partial charge on any atom is -0.295 e. The van der Waals surface area contributed by atoms with Crippen molar-refractivity contribution in [3.63, 3.8) is 0 Å². The molecule has 0 N–H and O–H groups in total. The molecule has 0 spiro atoms. The molecule has 1 atom stereocenters. The van der Waals surface area contributed by atoms with Crippen molar-refractivity contribution in [2.75, 3.05) is 0 Å². The highest BCUT2D eigenvalue weighted by Gasteiger charge is 2.20. The van der Waals surface area contributed by atoms with E-state index < -0.39 is 0 Å². The fourth-order valence-corrected chi connectivity index (χ4v) is 2.29. The zero-order chi connectivity index (χ0) is 15.2. The van der Waals surface area contributed by atoms with Gasteiger partial charge in [0.05, 0.1) is 0 Å². The molecule has 0 aromatic carbocycles. The Hall–Kier alpha value is -1.29. The van der Waals surface area contributed by atoms with Crippen molar-refractivity contribution < 1.29 is 4.79 Å². The lowest BCUT2D eigenvalue weighted by Gasteiger charge is -2.20. The first-order valence-corrected chi connectivity index (χ1v) is 7.69. The number of carbonyl (C=O) groups is 1. The van der Waals surface area contributed by atoms with Gasteiger partial charge in [0.25, 0.3) is 0 Å². The first kappa shape index (κ1) is 16.8. The fourth-order valence-electron chi connectivity index (χ4n) is 2.29. The maximum Gasteiger partial charge on any atom is 0.156 e. The average molecular weight is 272 g/mol. The molecule has 0 heterocycles. The van der Waals surface area contributed by atoms with E-state index in [4.69, 9.17) is 0 Å². The van der Waals surface area contributed by atoms with Crippen molar-refractivity contribution in [1.29, 1.82) is 0 Å². The van der Waals surface area contributed by atoms with Crippen molar-refractivity contribution in [3.05, 3.63) is 23.3 Å². The summed E-state index contributed by atoms with van der Waals surface area (Å²) in [4.78, 5) is 11.6. The molecular weight excluding hydrogens is 244 g/mol. The van der Waals surface area contributed by atoms with E-state index in [9.17, 15) is 4.79 Å². The number of ketones is 1. The molecule has 0 radical (unpaired) electrons. The van der Waals surface area contributed by atoms with E-state index in [1.807, 2.05) is 0 Å². The zero-order valence-corrected chi connectivity index (χ0v) is 13.7. The van der Waals surface area contributed by atoms with Crippen LogP contribution in [0.15, 0.2) is 23.3 Å². The first-order chi connectivity index (χ1) is 9.28. The smallest absolute Gasteiger partial charge is 0.156 e. The van der Waals surface area contributed by atoms with Gasteiger partial charge in [0.2, 0.25) is 0 Å². The minimum atomic E-state index is -0.00601. The summed E-state index contributed by atoms with van der Waals surface area (Å²) < 4.78 is 0. The zero-order valence-electron chi connectivity index (χ0n) is 13.7. The number of rotatable bonds is 4. The molecule has 1 nitrogen and oxygen atoms in total. The van der Waals surface area contributed by atoms with Gasteiger partial charge in [-0.25, -0.2) is 0 Å². The van der Waals surface area contributed by atoms with Crippen molar-refractivity contribution in [2.45, 2.75) is 66.7 Å². The van der Waals surface area contributed by atoms with Crippen LogP contribution in [0.1, 0.15) is 66.7 Å². The van der Waals surface area contributed by atoms with Gasteiger partial charge in [-0.05, 0) is 72.3 Å². The standard InChI is InChI=1S/C19H28O/c1-15(2)8-6-7-9-16-10-11-18(20)14-17(16)12-13-19(3,4)5/h8,14,16H,6-7,9-11H2,1-5H3. The molecule has 1 heteroatoms. The summed E-state index contributed by atoms with van der Waals surface area (Å²) >= 11 is 0. The predicted octanol–water partition coefficient (Wildman–Crippen LogP) is 5.08. The third kappa shape index (κ3) is 6.75. The van der Waals surface area contributed by atoms with E-state index in [1.165, 1.54) is 12.0 Å². The number of unbranched alkanes of at least 4 members (excludes halogenated alkanes) is 1. The largest absolute Gasteiger partial charge is 0.295 e. The molecule has 0 saturated heterocycles. The van der Waals surface area contributed by atoms with E-state index in [1.54, 1.807) is 6.08 Å². The summed E-state index contributed by atoms with van der Waals surface area (Å²) in [5, 5.41) is 0. The van der Waals surface area contributed by atoms with Gasteiger partial charge < -0.3 is 0 Å². The van der Waals surface area contributed by atoms with Gasteiger partial charge in [-0.2, -0.15) is 0 Å². The summed E-state index contributed by atoms with van der Waals surface area (Å²) in [7, 11) is 0. The highest BCUT2D eigenvalue weighted by molar-refractivity contribution is 5.92. The summed E-state index contributed by atoms with van der Waals surface area (Å²) in [6.45, 7) is 10.6. The third-order valence-electron chi connectivity index (χ3n) is 3.39. The number of hydrogen-bond donors (Lipinski definition) is 0. The van der Waals surface area contributed by atoms with Crippen molar-refractivity contribution in [2.24, 2.45) is 11.3 Å². The van der Waals surface area contributed by atoms with Crippen LogP contribution in [0.25, 0.3) is 0 Å². The summed E-state index contributed by atoms with van der Waals surface area (Å²) in [6.07, 6.45) is 9.19. The van der Waals surface area contributed by atoms with Gasteiger partial charge in [-0.15, -0.1) is 0 Å². The Morgan fingerprint density at radius 1 is 1.40 bits per heavy atom.